The Morgan fingerprint density at radius 3 is 2.09 bits per heavy atom. The van der Waals surface area contributed by atoms with Crippen molar-refractivity contribution in [3.05, 3.63) is 101 Å². The third-order valence-electron chi connectivity index (χ3n) is 9.71. The molecule has 2 aliphatic heterocycles. The minimum absolute atomic E-state index is 0.0945. The van der Waals surface area contributed by atoms with Gasteiger partial charge >= 0.3 is 0 Å². The SMILES string of the molecule is COc1ccc(C2=N[C@]3([C@H](C)O2)[C@@H](N=[N+]=[N-])[C@H]2O[C@@]2(CO[Si](c2ccccc2)(c2ccccc2)C(C)(C)C)[C@]3(C)O)cc1. The van der Waals surface area contributed by atoms with Crippen LogP contribution in [0.2, 0.25) is 5.04 Å². The van der Waals surface area contributed by atoms with Crippen LogP contribution in [-0.2, 0) is 13.9 Å². The highest BCUT2D eigenvalue weighted by Gasteiger charge is 2.87. The quantitative estimate of drug-likeness (QED) is 0.132. The van der Waals surface area contributed by atoms with E-state index in [2.05, 4.69) is 55.1 Å². The molecule has 1 N–H and O–H groups in total. The maximum atomic E-state index is 12.6. The summed E-state index contributed by atoms with van der Waals surface area (Å²) in [4.78, 5) is 8.20. The number of nitrogens with zero attached hydrogens (tertiary/aromatic N) is 4. The molecule has 1 saturated carbocycles. The Balaban J connectivity index is 1.43. The van der Waals surface area contributed by atoms with Gasteiger partial charge in [0.1, 0.15) is 34.7 Å². The van der Waals surface area contributed by atoms with Crippen LogP contribution in [0.5, 0.6) is 5.75 Å². The first-order valence-corrected chi connectivity index (χ1v) is 16.5. The number of aliphatic imine (C=N–C) groups is 1. The second-order valence-electron chi connectivity index (χ2n) is 12.8. The number of hydrogen-bond donors (Lipinski definition) is 1. The van der Waals surface area contributed by atoms with Crippen LogP contribution in [-0.4, -0.2) is 68.0 Å². The van der Waals surface area contributed by atoms with Gasteiger partial charge in [0.15, 0.2) is 0 Å². The summed E-state index contributed by atoms with van der Waals surface area (Å²) in [6, 6.07) is 27.2. The van der Waals surface area contributed by atoms with Crippen molar-refractivity contribution in [2.45, 2.75) is 74.6 Å². The molecule has 6 atom stereocenters. The lowest BCUT2D eigenvalue weighted by atomic mass is 9.74. The molecule has 2 fully saturated rings. The molecular formula is C33H38N4O5Si. The van der Waals surface area contributed by atoms with Crippen molar-refractivity contribution in [2.75, 3.05) is 13.7 Å². The third kappa shape index (κ3) is 4.08. The minimum Gasteiger partial charge on any atom is -0.497 e. The van der Waals surface area contributed by atoms with Gasteiger partial charge in [-0.25, -0.2) is 4.99 Å². The number of methoxy groups -OCH3 is 1. The van der Waals surface area contributed by atoms with E-state index in [0.717, 1.165) is 15.9 Å². The van der Waals surface area contributed by atoms with E-state index in [4.69, 9.17) is 23.6 Å². The van der Waals surface area contributed by atoms with Crippen molar-refractivity contribution in [1.82, 2.24) is 0 Å². The lowest BCUT2D eigenvalue weighted by Gasteiger charge is -2.46. The van der Waals surface area contributed by atoms with Crippen LogP contribution < -0.4 is 15.1 Å². The van der Waals surface area contributed by atoms with Crippen LogP contribution >= 0.6 is 0 Å². The number of ether oxygens (including phenoxy) is 3. The van der Waals surface area contributed by atoms with Gasteiger partial charge in [0.25, 0.3) is 8.32 Å². The summed E-state index contributed by atoms with van der Waals surface area (Å²) < 4.78 is 25.2. The fourth-order valence-electron chi connectivity index (χ4n) is 7.42. The van der Waals surface area contributed by atoms with Gasteiger partial charge in [-0.1, -0.05) is 86.5 Å². The molecule has 0 amide bonds. The monoisotopic (exact) mass is 598 g/mol. The number of rotatable bonds is 8. The average molecular weight is 599 g/mol. The maximum Gasteiger partial charge on any atom is 0.261 e. The molecule has 1 aliphatic carbocycles. The molecule has 3 aromatic carbocycles. The first-order valence-electron chi connectivity index (χ1n) is 14.6. The zero-order valence-corrected chi connectivity index (χ0v) is 26.4. The number of azide groups is 1. The Bertz CT molecular complexity index is 1530. The summed E-state index contributed by atoms with van der Waals surface area (Å²) in [7, 11) is -1.35. The molecule has 0 aromatic heterocycles. The zero-order chi connectivity index (χ0) is 30.7. The first-order chi connectivity index (χ1) is 20.5. The van der Waals surface area contributed by atoms with E-state index in [-0.39, 0.29) is 11.6 Å². The summed E-state index contributed by atoms with van der Waals surface area (Å²) in [5.74, 6) is 1.08. The van der Waals surface area contributed by atoms with E-state index in [1.807, 2.05) is 67.6 Å². The van der Waals surface area contributed by atoms with Gasteiger partial charge in [-0.2, -0.15) is 0 Å². The molecule has 224 valence electrons. The number of fused-ring (bicyclic) bond motifs is 1. The molecule has 3 aliphatic rings. The molecule has 3 aromatic rings. The van der Waals surface area contributed by atoms with Crippen molar-refractivity contribution >= 4 is 24.6 Å². The van der Waals surface area contributed by atoms with Crippen LogP contribution in [0.25, 0.3) is 10.4 Å². The molecule has 43 heavy (non-hydrogen) atoms. The Morgan fingerprint density at radius 1 is 1.00 bits per heavy atom. The van der Waals surface area contributed by atoms with E-state index < -0.39 is 43.3 Å². The van der Waals surface area contributed by atoms with Crippen LogP contribution in [0.3, 0.4) is 0 Å². The van der Waals surface area contributed by atoms with E-state index in [0.29, 0.717) is 11.6 Å². The van der Waals surface area contributed by atoms with E-state index in [1.54, 1.807) is 14.0 Å². The predicted octanol–water partition coefficient (Wildman–Crippen LogP) is 4.76. The number of aliphatic hydroxyl groups is 1. The molecule has 0 bridgehead atoms. The minimum atomic E-state index is -2.96. The van der Waals surface area contributed by atoms with Crippen LogP contribution in [0.4, 0.5) is 0 Å². The molecule has 10 heteroatoms. The lowest BCUT2D eigenvalue weighted by molar-refractivity contribution is -0.116. The highest BCUT2D eigenvalue weighted by Crippen LogP contribution is 2.65. The van der Waals surface area contributed by atoms with Gasteiger partial charge in [-0.3, -0.25) is 0 Å². The van der Waals surface area contributed by atoms with Crippen LogP contribution in [0.15, 0.2) is 95.0 Å². The van der Waals surface area contributed by atoms with E-state index in [1.165, 1.54) is 0 Å². The smallest absolute Gasteiger partial charge is 0.261 e. The first kappa shape index (κ1) is 29.4. The standard InChI is InChI=1S/C33H38N4O5Si/c1-22-33(35-29(41-22)23-17-19-24(39-6)20-18-23)27(36-37-34)28-32(42-28,31(33,5)38)21-40-43(30(2,3)4,25-13-9-7-10-14-25)26-15-11-8-12-16-26/h7-20,22,27-28,38H,21H2,1-6H3/t22-,27-,28+,31-,32+,33+/m0/s1. The number of hydrogen-bond acceptors (Lipinski definition) is 7. The van der Waals surface area contributed by atoms with Gasteiger partial charge in [0.2, 0.25) is 5.90 Å². The van der Waals surface area contributed by atoms with Gasteiger partial charge in [-0.05, 0) is 59.1 Å². The fourth-order valence-corrected chi connectivity index (χ4v) is 12.0. The molecule has 1 spiro atoms. The normalized spacial score (nSPS) is 31.1. The Labute approximate surface area is 253 Å². The molecule has 0 radical (unpaired) electrons. The highest BCUT2D eigenvalue weighted by atomic mass is 28.4. The molecule has 1 saturated heterocycles. The summed E-state index contributed by atoms with van der Waals surface area (Å²) in [6.07, 6.45) is -1.20. The van der Waals surface area contributed by atoms with Crippen LogP contribution in [0.1, 0.15) is 40.2 Å². The van der Waals surface area contributed by atoms with Gasteiger partial charge in [0, 0.05) is 10.5 Å². The van der Waals surface area contributed by atoms with Gasteiger partial charge in [-0.15, -0.1) is 0 Å². The van der Waals surface area contributed by atoms with Crippen LogP contribution in [0, 0.1) is 0 Å². The lowest BCUT2D eigenvalue weighted by Crippen LogP contribution is -2.69. The summed E-state index contributed by atoms with van der Waals surface area (Å²) in [6.45, 7) is 10.3. The Morgan fingerprint density at radius 2 is 1.58 bits per heavy atom. The highest BCUT2D eigenvalue weighted by molar-refractivity contribution is 6.99. The van der Waals surface area contributed by atoms with Gasteiger partial charge in [0.05, 0.1) is 19.8 Å². The van der Waals surface area contributed by atoms with Crippen molar-refractivity contribution in [3.63, 3.8) is 0 Å². The van der Waals surface area contributed by atoms with E-state index in [9.17, 15) is 10.6 Å². The molecule has 0 unspecified atom stereocenters. The molecular weight excluding hydrogens is 560 g/mol. The number of epoxide rings is 1. The van der Waals surface area contributed by atoms with E-state index >= 15 is 0 Å². The van der Waals surface area contributed by atoms with Crippen molar-refractivity contribution < 1.29 is 23.7 Å². The second kappa shape index (κ2) is 10.2. The largest absolute Gasteiger partial charge is 0.497 e. The third-order valence-corrected chi connectivity index (χ3v) is 14.7. The maximum absolute atomic E-state index is 12.6. The number of benzene rings is 3. The zero-order valence-electron chi connectivity index (χ0n) is 25.4. The Kier molecular flexibility index (Phi) is 6.99. The van der Waals surface area contributed by atoms with Crippen molar-refractivity contribution in [3.8, 4) is 5.75 Å². The second-order valence-corrected chi connectivity index (χ2v) is 17.1. The van der Waals surface area contributed by atoms with Gasteiger partial charge < -0.3 is 23.7 Å². The summed E-state index contributed by atoms with van der Waals surface area (Å²) in [5, 5.41) is 18.7. The molecule has 9 nitrogen and oxygen atoms in total. The molecule has 6 rings (SSSR count). The summed E-state index contributed by atoms with van der Waals surface area (Å²) in [5.41, 5.74) is 6.34. The average Bonchev–Trinajstić information content (AvgIpc) is 3.60. The van der Waals surface area contributed by atoms with Crippen molar-refractivity contribution in [2.24, 2.45) is 10.1 Å². The Hall–Kier alpha value is -3.66. The summed E-state index contributed by atoms with van der Waals surface area (Å²) >= 11 is 0. The van der Waals surface area contributed by atoms with Crippen molar-refractivity contribution in [1.29, 1.82) is 0 Å². The predicted molar refractivity (Wildman–Crippen MR) is 168 cm³/mol. The molecule has 2 heterocycles. The fraction of sp³-hybridized carbons (Fsp3) is 0.424. The topological polar surface area (TPSA) is 122 Å².